The fourth-order valence-electron chi connectivity index (χ4n) is 3.08. The van der Waals surface area contributed by atoms with Gasteiger partial charge in [0.25, 0.3) is 0 Å². The number of halogens is 1. The Balaban J connectivity index is 0.00000312. The summed E-state index contributed by atoms with van der Waals surface area (Å²) in [4.78, 5) is 11.5. The van der Waals surface area contributed by atoms with E-state index >= 15 is 0 Å². The third-order valence-electron chi connectivity index (χ3n) is 4.51. The lowest BCUT2D eigenvalue weighted by molar-refractivity contribution is 0.232. The number of likely N-dealkylation sites (tertiary alicyclic amines) is 1. The third kappa shape index (κ3) is 8.89. The molecular weight excluding hydrogens is 427 g/mol. The molecule has 0 saturated carbocycles. The van der Waals surface area contributed by atoms with Crippen LogP contribution in [0, 0.1) is 6.92 Å². The van der Waals surface area contributed by atoms with Crippen molar-refractivity contribution in [1.29, 1.82) is 0 Å². The zero-order chi connectivity index (χ0) is 17.0. The van der Waals surface area contributed by atoms with E-state index in [0.29, 0.717) is 0 Å². The first kappa shape index (κ1) is 22.2. The Kier molecular flexibility index (Phi) is 11.9. The number of hydrogen-bond donors (Lipinski definition) is 2. The number of aromatic nitrogens is 2. The van der Waals surface area contributed by atoms with E-state index in [1.807, 2.05) is 19.3 Å². The normalized spacial score (nSPS) is 15.7. The molecule has 1 aromatic rings. The molecule has 1 aliphatic rings. The molecule has 1 saturated heterocycles. The summed E-state index contributed by atoms with van der Waals surface area (Å²) in [6.45, 7) is 11.6. The van der Waals surface area contributed by atoms with Gasteiger partial charge in [0.2, 0.25) is 0 Å². The molecule has 0 atom stereocenters. The minimum absolute atomic E-state index is 0. The van der Waals surface area contributed by atoms with Crippen molar-refractivity contribution in [2.24, 2.45) is 4.99 Å². The maximum absolute atomic E-state index is 4.69. The van der Waals surface area contributed by atoms with Gasteiger partial charge in [-0.25, -0.2) is 4.98 Å². The van der Waals surface area contributed by atoms with Gasteiger partial charge in [-0.2, -0.15) is 0 Å². The summed E-state index contributed by atoms with van der Waals surface area (Å²) in [7, 11) is 0. The first-order valence-corrected chi connectivity index (χ1v) is 9.52. The lowest BCUT2D eigenvalue weighted by Gasteiger charge is -2.26. The van der Waals surface area contributed by atoms with E-state index in [1.165, 1.54) is 32.4 Å². The predicted molar refractivity (Wildman–Crippen MR) is 116 cm³/mol. The fourth-order valence-corrected chi connectivity index (χ4v) is 3.08. The van der Waals surface area contributed by atoms with Gasteiger partial charge in [0.1, 0.15) is 5.82 Å². The van der Waals surface area contributed by atoms with Gasteiger partial charge in [0, 0.05) is 45.1 Å². The molecule has 2 rings (SSSR count). The maximum atomic E-state index is 4.69. The van der Waals surface area contributed by atoms with Crippen LogP contribution in [0.5, 0.6) is 0 Å². The van der Waals surface area contributed by atoms with Gasteiger partial charge < -0.3 is 20.1 Å². The van der Waals surface area contributed by atoms with Crippen LogP contribution < -0.4 is 10.6 Å². The van der Waals surface area contributed by atoms with E-state index in [2.05, 4.69) is 37.0 Å². The van der Waals surface area contributed by atoms with Crippen LogP contribution >= 0.6 is 24.0 Å². The number of hydrogen-bond acceptors (Lipinski definition) is 3. The van der Waals surface area contributed by atoms with Crippen molar-refractivity contribution in [3.05, 3.63) is 18.2 Å². The third-order valence-corrected chi connectivity index (χ3v) is 4.51. The highest BCUT2D eigenvalue weighted by Crippen LogP contribution is 2.07. The second-order valence-electron chi connectivity index (χ2n) is 6.46. The minimum Gasteiger partial charge on any atom is -0.357 e. The summed E-state index contributed by atoms with van der Waals surface area (Å²) in [5.41, 5.74) is 0. The molecule has 1 fully saturated rings. The second kappa shape index (κ2) is 13.4. The Morgan fingerprint density at radius 2 is 1.96 bits per heavy atom. The number of imidazole rings is 1. The number of rotatable bonds is 9. The second-order valence-corrected chi connectivity index (χ2v) is 6.46. The largest absolute Gasteiger partial charge is 0.357 e. The summed E-state index contributed by atoms with van der Waals surface area (Å²) >= 11 is 0. The molecular formula is C18H35IN6. The summed E-state index contributed by atoms with van der Waals surface area (Å²) in [6, 6.07) is 0. The number of unbranched alkanes of at least 4 members (excludes halogenated alkanes) is 1. The first-order chi connectivity index (χ1) is 11.8. The molecule has 0 amide bonds. The number of nitrogens with zero attached hydrogens (tertiary/aromatic N) is 4. The zero-order valence-corrected chi connectivity index (χ0v) is 18.2. The highest BCUT2D eigenvalue weighted by atomic mass is 127. The van der Waals surface area contributed by atoms with Crippen molar-refractivity contribution in [2.45, 2.75) is 52.5 Å². The molecule has 0 bridgehead atoms. The van der Waals surface area contributed by atoms with Gasteiger partial charge in [-0.05, 0) is 52.6 Å². The molecule has 0 aliphatic carbocycles. The SMILES string of the molecule is CCNC(=NCCCCn1ccnc1C)NCCN1CCCCC1.I. The molecule has 0 aromatic carbocycles. The molecule has 7 heteroatoms. The van der Waals surface area contributed by atoms with Crippen LogP contribution in [0.1, 0.15) is 44.9 Å². The molecule has 25 heavy (non-hydrogen) atoms. The van der Waals surface area contributed by atoms with Crippen molar-refractivity contribution >= 4 is 29.9 Å². The number of aryl methyl sites for hydroxylation is 2. The van der Waals surface area contributed by atoms with Gasteiger partial charge in [-0.1, -0.05) is 6.42 Å². The lowest BCUT2D eigenvalue weighted by atomic mass is 10.1. The quantitative estimate of drug-likeness (QED) is 0.257. The minimum atomic E-state index is 0. The number of piperidine rings is 1. The topological polar surface area (TPSA) is 57.5 Å². The molecule has 0 spiro atoms. The highest BCUT2D eigenvalue weighted by Gasteiger charge is 2.09. The molecule has 2 N–H and O–H groups in total. The zero-order valence-electron chi connectivity index (χ0n) is 15.8. The van der Waals surface area contributed by atoms with Crippen LogP contribution in [-0.2, 0) is 6.54 Å². The number of aliphatic imine (C=N–C) groups is 1. The van der Waals surface area contributed by atoms with E-state index in [4.69, 9.17) is 0 Å². The van der Waals surface area contributed by atoms with Crippen LogP contribution in [0.3, 0.4) is 0 Å². The summed E-state index contributed by atoms with van der Waals surface area (Å²) in [5.74, 6) is 2.04. The standard InChI is InChI=1S/C18H34N6.HI/c1-3-19-18(22-10-15-23-12-6-4-7-13-23)21-9-5-8-14-24-16-11-20-17(24)2;/h11,16H,3-10,12-15H2,1-2H3,(H2,19,21,22);1H. The van der Waals surface area contributed by atoms with Crippen LogP contribution in [0.25, 0.3) is 0 Å². The van der Waals surface area contributed by atoms with Gasteiger partial charge in [-0.3, -0.25) is 4.99 Å². The number of nitrogens with one attached hydrogen (secondary N) is 2. The van der Waals surface area contributed by atoms with Crippen LogP contribution in [0.2, 0.25) is 0 Å². The fraction of sp³-hybridized carbons (Fsp3) is 0.778. The van der Waals surface area contributed by atoms with Crippen LogP contribution in [0.4, 0.5) is 0 Å². The first-order valence-electron chi connectivity index (χ1n) is 9.52. The van der Waals surface area contributed by atoms with Crippen molar-refractivity contribution < 1.29 is 0 Å². The van der Waals surface area contributed by atoms with E-state index in [0.717, 1.165) is 57.3 Å². The van der Waals surface area contributed by atoms with Crippen LogP contribution in [0.15, 0.2) is 17.4 Å². The molecule has 0 radical (unpaired) electrons. The average molecular weight is 462 g/mol. The Morgan fingerprint density at radius 1 is 1.16 bits per heavy atom. The molecule has 1 aromatic heterocycles. The monoisotopic (exact) mass is 462 g/mol. The molecule has 144 valence electrons. The van der Waals surface area contributed by atoms with E-state index < -0.39 is 0 Å². The van der Waals surface area contributed by atoms with E-state index in [-0.39, 0.29) is 24.0 Å². The molecule has 0 unspecified atom stereocenters. The van der Waals surface area contributed by atoms with Gasteiger partial charge in [0.15, 0.2) is 5.96 Å². The highest BCUT2D eigenvalue weighted by molar-refractivity contribution is 14.0. The Labute approximate surface area is 169 Å². The van der Waals surface area contributed by atoms with E-state index in [1.54, 1.807) is 0 Å². The smallest absolute Gasteiger partial charge is 0.191 e. The Morgan fingerprint density at radius 3 is 2.64 bits per heavy atom. The van der Waals surface area contributed by atoms with Crippen molar-refractivity contribution in [3.63, 3.8) is 0 Å². The summed E-state index contributed by atoms with van der Waals surface area (Å²) in [5, 5.41) is 6.80. The maximum Gasteiger partial charge on any atom is 0.191 e. The number of guanidine groups is 1. The summed E-state index contributed by atoms with van der Waals surface area (Å²) < 4.78 is 2.20. The molecule has 2 heterocycles. The lowest BCUT2D eigenvalue weighted by Crippen LogP contribution is -2.42. The van der Waals surface area contributed by atoms with E-state index in [9.17, 15) is 0 Å². The van der Waals surface area contributed by atoms with Gasteiger partial charge in [-0.15, -0.1) is 24.0 Å². The Hall–Kier alpha value is -0.830. The summed E-state index contributed by atoms with van der Waals surface area (Å²) in [6.07, 6.45) is 10.2. The van der Waals surface area contributed by atoms with Crippen LogP contribution in [-0.4, -0.2) is 59.7 Å². The molecule has 6 nitrogen and oxygen atoms in total. The molecule has 1 aliphatic heterocycles. The van der Waals surface area contributed by atoms with Crippen molar-refractivity contribution in [3.8, 4) is 0 Å². The van der Waals surface area contributed by atoms with Gasteiger partial charge >= 0.3 is 0 Å². The Bertz CT molecular complexity index is 482. The predicted octanol–water partition coefficient (Wildman–Crippen LogP) is 2.63. The average Bonchev–Trinajstić information content (AvgIpc) is 3.00. The van der Waals surface area contributed by atoms with Crippen molar-refractivity contribution in [1.82, 2.24) is 25.1 Å². The van der Waals surface area contributed by atoms with Gasteiger partial charge in [0.05, 0.1) is 0 Å². The van der Waals surface area contributed by atoms with Crippen molar-refractivity contribution in [2.75, 3.05) is 39.3 Å².